The number of rotatable bonds is 3. The van der Waals surface area contributed by atoms with E-state index < -0.39 is 11.7 Å². The highest BCUT2D eigenvalue weighted by molar-refractivity contribution is 7.13. The smallest absolute Gasteiger partial charge is 0.275 e. The van der Waals surface area contributed by atoms with E-state index >= 15 is 0 Å². The van der Waals surface area contributed by atoms with Gasteiger partial charge in [0.1, 0.15) is 22.3 Å². The minimum atomic E-state index is -0.420. The van der Waals surface area contributed by atoms with Gasteiger partial charge in [0.15, 0.2) is 0 Å². The number of thiazole rings is 1. The summed E-state index contributed by atoms with van der Waals surface area (Å²) in [6, 6.07) is 10.1. The molecule has 0 aliphatic heterocycles. The largest absolute Gasteiger partial charge is 0.320 e. The van der Waals surface area contributed by atoms with Crippen molar-refractivity contribution < 1.29 is 13.6 Å². The first-order valence-electron chi connectivity index (χ1n) is 6.82. The number of anilines is 1. The second-order valence-corrected chi connectivity index (χ2v) is 5.82. The first-order chi connectivity index (χ1) is 11.0. The second kappa shape index (κ2) is 6.26. The molecule has 2 aromatic carbocycles. The Hall–Kier alpha value is -2.60. The van der Waals surface area contributed by atoms with Gasteiger partial charge in [0.25, 0.3) is 5.91 Å². The summed E-state index contributed by atoms with van der Waals surface area (Å²) in [5.74, 6) is -1.16. The highest BCUT2D eigenvalue weighted by Gasteiger charge is 2.13. The lowest BCUT2D eigenvalue weighted by atomic mass is 10.2. The zero-order valence-corrected chi connectivity index (χ0v) is 13.0. The number of aromatic nitrogens is 1. The highest BCUT2D eigenvalue weighted by atomic mass is 32.1. The molecule has 1 amide bonds. The van der Waals surface area contributed by atoms with E-state index in [0.29, 0.717) is 10.7 Å². The van der Waals surface area contributed by atoms with Gasteiger partial charge in [-0.2, -0.15) is 0 Å². The number of nitrogens with zero attached hydrogens (tertiary/aromatic N) is 1. The zero-order valence-electron chi connectivity index (χ0n) is 12.1. The molecule has 3 nitrogen and oxygen atoms in total. The lowest BCUT2D eigenvalue weighted by molar-refractivity contribution is 0.102. The second-order valence-electron chi connectivity index (χ2n) is 4.96. The van der Waals surface area contributed by atoms with E-state index in [9.17, 15) is 13.6 Å². The van der Waals surface area contributed by atoms with Crippen molar-refractivity contribution in [2.75, 3.05) is 5.32 Å². The molecule has 0 fully saturated rings. The van der Waals surface area contributed by atoms with Crippen LogP contribution in [-0.2, 0) is 0 Å². The number of hydrogen-bond donors (Lipinski definition) is 1. The van der Waals surface area contributed by atoms with E-state index in [-0.39, 0.29) is 11.5 Å². The summed E-state index contributed by atoms with van der Waals surface area (Å²) < 4.78 is 26.2. The molecule has 0 radical (unpaired) electrons. The molecule has 3 rings (SSSR count). The number of carbonyl (C=O) groups excluding carboxylic acids is 1. The fourth-order valence-electron chi connectivity index (χ4n) is 2.02. The lowest BCUT2D eigenvalue weighted by Crippen LogP contribution is -2.13. The Balaban J connectivity index is 1.81. The molecule has 1 aromatic heterocycles. The molecule has 3 aromatic rings. The highest BCUT2D eigenvalue weighted by Crippen LogP contribution is 2.25. The molecule has 0 aliphatic rings. The maximum absolute atomic E-state index is 13.3. The van der Waals surface area contributed by atoms with Crippen LogP contribution in [0.1, 0.15) is 16.1 Å². The number of nitrogens with one attached hydrogen (secondary N) is 1. The van der Waals surface area contributed by atoms with E-state index in [0.717, 1.165) is 11.1 Å². The van der Waals surface area contributed by atoms with Crippen LogP contribution < -0.4 is 5.32 Å². The van der Waals surface area contributed by atoms with Gasteiger partial charge in [-0.15, -0.1) is 11.3 Å². The van der Waals surface area contributed by atoms with E-state index in [2.05, 4.69) is 10.3 Å². The van der Waals surface area contributed by atoms with Crippen LogP contribution in [0.5, 0.6) is 0 Å². The minimum absolute atomic E-state index is 0.234. The zero-order chi connectivity index (χ0) is 16.4. The van der Waals surface area contributed by atoms with Gasteiger partial charge in [0, 0.05) is 16.6 Å². The molecule has 0 atom stereocenters. The van der Waals surface area contributed by atoms with Crippen molar-refractivity contribution >= 4 is 22.9 Å². The van der Waals surface area contributed by atoms with E-state index in [1.807, 2.05) is 0 Å². The van der Waals surface area contributed by atoms with Gasteiger partial charge in [0.05, 0.1) is 0 Å². The summed E-state index contributed by atoms with van der Waals surface area (Å²) in [7, 11) is 0. The van der Waals surface area contributed by atoms with Gasteiger partial charge < -0.3 is 5.32 Å². The number of halogens is 2. The van der Waals surface area contributed by atoms with Gasteiger partial charge in [-0.3, -0.25) is 4.79 Å². The van der Waals surface area contributed by atoms with Crippen LogP contribution >= 0.6 is 11.3 Å². The molecule has 116 valence electrons. The van der Waals surface area contributed by atoms with Crippen molar-refractivity contribution in [2.45, 2.75) is 6.92 Å². The maximum Gasteiger partial charge on any atom is 0.275 e. The molecule has 23 heavy (non-hydrogen) atoms. The molecule has 0 bridgehead atoms. The Morgan fingerprint density at radius 3 is 2.52 bits per heavy atom. The molecule has 0 aliphatic carbocycles. The fourth-order valence-corrected chi connectivity index (χ4v) is 2.82. The normalized spacial score (nSPS) is 10.6. The first kappa shape index (κ1) is 15.3. The number of benzene rings is 2. The number of amides is 1. The third kappa shape index (κ3) is 3.43. The standard InChI is InChI=1S/C17H12F2N2OS/c1-10-2-5-13(19)8-14(10)20-16(22)15-9-23-17(21-15)11-3-6-12(18)7-4-11/h2-9H,1H3,(H,20,22). The van der Waals surface area contributed by atoms with E-state index in [1.165, 1.54) is 35.6 Å². The summed E-state index contributed by atoms with van der Waals surface area (Å²) in [6.45, 7) is 1.78. The monoisotopic (exact) mass is 330 g/mol. The Morgan fingerprint density at radius 2 is 1.78 bits per heavy atom. The number of carbonyl (C=O) groups is 1. The van der Waals surface area contributed by atoms with Crippen molar-refractivity contribution in [3.05, 3.63) is 70.7 Å². The van der Waals surface area contributed by atoms with Crippen LogP contribution in [0.4, 0.5) is 14.5 Å². The van der Waals surface area contributed by atoms with Crippen LogP contribution in [0.15, 0.2) is 47.8 Å². The van der Waals surface area contributed by atoms with Crippen molar-refractivity contribution in [3.63, 3.8) is 0 Å². The summed E-state index contributed by atoms with van der Waals surface area (Å²) in [6.07, 6.45) is 0. The summed E-state index contributed by atoms with van der Waals surface area (Å²) in [5, 5.41) is 4.88. The summed E-state index contributed by atoms with van der Waals surface area (Å²) >= 11 is 1.29. The van der Waals surface area contributed by atoms with Crippen LogP contribution in [-0.4, -0.2) is 10.9 Å². The summed E-state index contributed by atoms with van der Waals surface area (Å²) in [4.78, 5) is 16.5. The fraction of sp³-hybridized carbons (Fsp3) is 0.0588. The molecule has 0 spiro atoms. The topological polar surface area (TPSA) is 42.0 Å². The molecular weight excluding hydrogens is 318 g/mol. The Labute approximate surface area is 135 Å². The number of hydrogen-bond acceptors (Lipinski definition) is 3. The Bertz CT molecular complexity index is 859. The molecule has 0 saturated carbocycles. The lowest BCUT2D eigenvalue weighted by Gasteiger charge is -2.06. The van der Waals surface area contributed by atoms with Crippen molar-refractivity contribution in [1.29, 1.82) is 0 Å². The molecule has 0 unspecified atom stereocenters. The van der Waals surface area contributed by atoms with Crippen LogP contribution in [0, 0.1) is 18.6 Å². The maximum atomic E-state index is 13.3. The van der Waals surface area contributed by atoms with Crippen molar-refractivity contribution in [1.82, 2.24) is 4.98 Å². The predicted octanol–water partition coefficient (Wildman–Crippen LogP) is 4.65. The first-order valence-corrected chi connectivity index (χ1v) is 7.70. The van der Waals surface area contributed by atoms with Gasteiger partial charge in [-0.25, -0.2) is 13.8 Å². The van der Waals surface area contributed by atoms with E-state index in [1.54, 1.807) is 30.5 Å². The average Bonchev–Trinajstić information content (AvgIpc) is 3.02. The average molecular weight is 330 g/mol. The third-order valence-corrected chi connectivity index (χ3v) is 4.17. The van der Waals surface area contributed by atoms with Crippen molar-refractivity contribution in [2.24, 2.45) is 0 Å². The van der Waals surface area contributed by atoms with Gasteiger partial charge >= 0.3 is 0 Å². The van der Waals surface area contributed by atoms with Crippen LogP contribution in [0.3, 0.4) is 0 Å². The van der Waals surface area contributed by atoms with Gasteiger partial charge in [-0.1, -0.05) is 6.07 Å². The summed E-state index contributed by atoms with van der Waals surface area (Å²) in [5.41, 5.74) is 2.13. The Morgan fingerprint density at radius 1 is 1.09 bits per heavy atom. The molecular formula is C17H12F2N2OS. The van der Waals surface area contributed by atoms with Gasteiger partial charge in [-0.05, 0) is 48.9 Å². The third-order valence-electron chi connectivity index (χ3n) is 3.28. The van der Waals surface area contributed by atoms with Crippen molar-refractivity contribution in [3.8, 4) is 10.6 Å². The Kier molecular flexibility index (Phi) is 4.16. The predicted molar refractivity (Wildman–Crippen MR) is 86.6 cm³/mol. The van der Waals surface area contributed by atoms with Gasteiger partial charge in [0.2, 0.25) is 0 Å². The molecule has 6 heteroatoms. The molecule has 0 saturated heterocycles. The van der Waals surface area contributed by atoms with Crippen LogP contribution in [0.25, 0.3) is 10.6 Å². The molecule has 1 N–H and O–H groups in total. The minimum Gasteiger partial charge on any atom is -0.320 e. The molecule has 1 heterocycles. The SMILES string of the molecule is Cc1ccc(F)cc1NC(=O)c1csc(-c2ccc(F)cc2)n1. The number of aryl methyl sites for hydroxylation is 1. The van der Waals surface area contributed by atoms with Crippen LogP contribution in [0.2, 0.25) is 0 Å². The van der Waals surface area contributed by atoms with E-state index in [4.69, 9.17) is 0 Å². The quantitative estimate of drug-likeness (QED) is 0.759.